The number of hydrogen-bond donors (Lipinski definition) is 1. The van der Waals surface area contributed by atoms with Gasteiger partial charge < -0.3 is 14.8 Å². The number of thiazole rings is 1. The topological polar surface area (TPSA) is 60.5 Å². The third-order valence-corrected chi connectivity index (χ3v) is 4.82. The zero-order chi connectivity index (χ0) is 18.5. The largest absolute Gasteiger partial charge is 0.497 e. The van der Waals surface area contributed by atoms with Crippen LogP contribution < -0.4 is 14.8 Å². The van der Waals surface area contributed by atoms with E-state index in [0.717, 1.165) is 33.3 Å². The van der Waals surface area contributed by atoms with Crippen molar-refractivity contribution in [3.63, 3.8) is 0 Å². The zero-order valence-corrected chi connectivity index (χ0v) is 15.7. The molecule has 1 N–H and O–H groups in total. The number of anilines is 1. The number of amides is 1. The highest BCUT2D eigenvalue weighted by Crippen LogP contribution is 2.33. The molecule has 3 aromatic rings. The fraction of sp³-hybridized carbons (Fsp3) is 0.200. The first-order valence-corrected chi connectivity index (χ1v) is 9.01. The average Bonchev–Trinajstić information content (AvgIpc) is 3.11. The second-order valence-electron chi connectivity index (χ2n) is 5.73. The summed E-state index contributed by atoms with van der Waals surface area (Å²) in [7, 11) is 3.23. The third-order valence-electron chi connectivity index (χ3n) is 3.97. The molecule has 1 aromatic heterocycles. The van der Waals surface area contributed by atoms with E-state index in [9.17, 15) is 4.79 Å². The number of nitrogens with zero attached hydrogens (tertiary/aromatic N) is 1. The number of hydrogen-bond acceptors (Lipinski definition) is 5. The molecule has 5 nitrogen and oxygen atoms in total. The van der Waals surface area contributed by atoms with Gasteiger partial charge in [-0.1, -0.05) is 18.2 Å². The molecule has 0 saturated carbocycles. The summed E-state index contributed by atoms with van der Waals surface area (Å²) in [5.41, 5.74) is 3.51. The van der Waals surface area contributed by atoms with Gasteiger partial charge in [-0.25, -0.2) is 4.98 Å². The smallest absolute Gasteiger partial charge is 0.231 e. The molecule has 3 rings (SSSR count). The SMILES string of the molecule is COc1ccc(-c2csc(CC(=O)Nc3ccccc3C)n2)c(OC)c1. The highest BCUT2D eigenvalue weighted by molar-refractivity contribution is 7.10. The van der Waals surface area contributed by atoms with Gasteiger partial charge >= 0.3 is 0 Å². The van der Waals surface area contributed by atoms with Crippen LogP contribution >= 0.6 is 11.3 Å². The lowest BCUT2D eigenvalue weighted by Crippen LogP contribution is -2.14. The van der Waals surface area contributed by atoms with Crippen molar-refractivity contribution in [1.29, 1.82) is 0 Å². The second kappa shape index (κ2) is 8.01. The first kappa shape index (κ1) is 17.9. The maximum absolute atomic E-state index is 12.3. The number of ether oxygens (including phenoxy) is 2. The Labute approximate surface area is 156 Å². The van der Waals surface area contributed by atoms with E-state index in [1.54, 1.807) is 14.2 Å². The van der Waals surface area contributed by atoms with Crippen molar-refractivity contribution in [3.05, 3.63) is 58.4 Å². The molecular weight excluding hydrogens is 348 g/mol. The summed E-state index contributed by atoms with van der Waals surface area (Å²) < 4.78 is 10.7. The van der Waals surface area contributed by atoms with E-state index in [2.05, 4.69) is 10.3 Å². The highest BCUT2D eigenvalue weighted by Gasteiger charge is 2.13. The maximum Gasteiger partial charge on any atom is 0.231 e. The molecule has 0 radical (unpaired) electrons. The number of benzene rings is 2. The summed E-state index contributed by atoms with van der Waals surface area (Å²) in [4.78, 5) is 16.9. The van der Waals surface area contributed by atoms with Crippen LogP contribution in [0.15, 0.2) is 47.8 Å². The molecule has 1 amide bonds. The van der Waals surface area contributed by atoms with Gasteiger partial charge in [0.15, 0.2) is 0 Å². The number of carbonyl (C=O) groups excluding carboxylic acids is 1. The molecule has 0 aliphatic rings. The third kappa shape index (κ3) is 4.03. The van der Waals surface area contributed by atoms with Crippen molar-refractivity contribution in [2.24, 2.45) is 0 Å². The number of para-hydroxylation sites is 1. The number of nitrogens with one attached hydrogen (secondary N) is 1. The molecule has 134 valence electrons. The molecule has 2 aromatic carbocycles. The van der Waals surface area contributed by atoms with Crippen molar-refractivity contribution >= 4 is 22.9 Å². The Morgan fingerprint density at radius 3 is 2.69 bits per heavy atom. The lowest BCUT2D eigenvalue weighted by Gasteiger charge is -2.08. The Morgan fingerprint density at radius 1 is 1.15 bits per heavy atom. The van der Waals surface area contributed by atoms with Crippen molar-refractivity contribution in [2.75, 3.05) is 19.5 Å². The van der Waals surface area contributed by atoms with E-state index in [1.165, 1.54) is 11.3 Å². The van der Waals surface area contributed by atoms with Crippen LogP contribution in [0.3, 0.4) is 0 Å². The molecule has 0 aliphatic carbocycles. The van der Waals surface area contributed by atoms with Crippen molar-refractivity contribution in [3.8, 4) is 22.8 Å². The number of aromatic nitrogens is 1. The summed E-state index contributed by atoms with van der Waals surface area (Å²) in [5.74, 6) is 1.33. The Kier molecular flexibility index (Phi) is 5.53. The van der Waals surface area contributed by atoms with E-state index >= 15 is 0 Å². The van der Waals surface area contributed by atoms with Crippen LogP contribution in [0.5, 0.6) is 11.5 Å². The Balaban J connectivity index is 1.74. The summed E-state index contributed by atoms with van der Waals surface area (Å²) in [6.45, 7) is 1.97. The summed E-state index contributed by atoms with van der Waals surface area (Å²) in [5, 5.41) is 5.62. The minimum Gasteiger partial charge on any atom is -0.497 e. The monoisotopic (exact) mass is 368 g/mol. The van der Waals surface area contributed by atoms with Crippen molar-refractivity contribution in [2.45, 2.75) is 13.3 Å². The first-order chi connectivity index (χ1) is 12.6. The van der Waals surface area contributed by atoms with Crippen LogP contribution in [0.4, 0.5) is 5.69 Å². The minimum absolute atomic E-state index is 0.0816. The fourth-order valence-corrected chi connectivity index (χ4v) is 3.36. The Morgan fingerprint density at radius 2 is 1.96 bits per heavy atom. The molecule has 1 heterocycles. The van der Waals surface area contributed by atoms with Crippen molar-refractivity contribution in [1.82, 2.24) is 4.98 Å². The van der Waals surface area contributed by atoms with Crippen LogP contribution in [-0.4, -0.2) is 25.1 Å². The second-order valence-corrected chi connectivity index (χ2v) is 6.68. The average molecular weight is 368 g/mol. The molecule has 0 saturated heterocycles. The Bertz CT molecular complexity index is 921. The van der Waals surface area contributed by atoms with Crippen LogP contribution in [0.1, 0.15) is 10.6 Å². The lowest BCUT2D eigenvalue weighted by molar-refractivity contribution is -0.115. The van der Waals surface area contributed by atoms with Crippen molar-refractivity contribution < 1.29 is 14.3 Å². The Hall–Kier alpha value is -2.86. The van der Waals surface area contributed by atoms with E-state index in [0.29, 0.717) is 5.75 Å². The molecule has 0 fully saturated rings. The van der Waals surface area contributed by atoms with Crippen LogP contribution in [-0.2, 0) is 11.2 Å². The van der Waals surface area contributed by atoms with Gasteiger partial charge in [0.25, 0.3) is 0 Å². The predicted octanol–water partition coefficient (Wildman–Crippen LogP) is 4.32. The van der Waals surface area contributed by atoms with Crippen LogP contribution in [0.2, 0.25) is 0 Å². The van der Waals surface area contributed by atoms with Gasteiger partial charge in [-0.05, 0) is 30.7 Å². The van der Waals surface area contributed by atoms with Gasteiger partial charge in [0.1, 0.15) is 16.5 Å². The molecule has 0 bridgehead atoms. The van der Waals surface area contributed by atoms with Gasteiger partial charge in [0, 0.05) is 22.7 Å². The lowest BCUT2D eigenvalue weighted by atomic mass is 10.1. The van der Waals surface area contributed by atoms with E-state index in [1.807, 2.05) is 54.8 Å². The molecule has 0 atom stereocenters. The van der Waals surface area contributed by atoms with Gasteiger partial charge in [-0.2, -0.15) is 0 Å². The summed E-state index contributed by atoms with van der Waals surface area (Å²) in [6.07, 6.45) is 0.234. The highest BCUT2D eigenvalue weighted by atomic mass is 32.1. The summed E-state index contributed by atoms with van der Waals surface area (Å²) in [6, 6.07) is 13.3. The zero-order valence-electron chi connectivity index (χ0n) is 14.9. The molecule has 26 heavy (non-hydrogen) atoms. The molecular formula is C20H20N2O3S. The normalized spacial score (nSPS) is 10.4. The first-order valence-electron chi connectivity index (χ1n) is 8.13. The number of aryl methyl sites for hydroxylation is 1. The van der Waals surface area contributed by atoms with Gasteiger partial charge in [0.05, 0.1) is 26.3 Å². The standard InChI is InChI=1S/C20H20N2O3S/c1-13-6-4-5-7-16(13)21-19(23)11-20-22-17(12-26-20)15-9-8-14(24-2)10-18(15)25-3/h4-10,12H,11H2,1-3H3,(H,21,23). The van der Waals surface area contributed by atoms with E-state index in [4.69, 9.17) is 9.47 Å². The van der Waals surface area contributed by atoms with Gasteiger partial charge in [0.2, 0.25) is 5.91 Å². The van der Waals surface area contributed by atoms with E-state index in [-0.39, 0.29) is 12.3 Å². The molecule has 0 unspecified atom stereocenters. The van der Waals surface area contributed by atoms with Gasteiger partial charge in [-0.3, -0.25) is 4.79 Å². The van der Waals surface area contributed by atoms with Crippen LogP contribution in [0.25, 0.3) is 11.3 Å². The molecule has 0 spiro atoms. The molecule has 0 aliphatic heterocycles. The van der Waals surface area contributed by atoms with Gasteiger partial charge in [-0.15, -0.1) is 11.3 Å². The molecule has 6 heteroatoms. The number of rotatable bonds is 6. The minimum atomic E-state index is -0.0816. The predicted molar refractivity (Wildman–Crippen MR) is 104 cm³/mol. The summed E-state index contributed by atoms with van der Waals surface area (Å²) >= 11 is 1.46. The quantitative estimate of drug-likeness (QED) is 0.704. The maximum atomic E-state index is 12.3. The van der Waals surface area contributed by atoms with E-state index < -0.39 is 0 Å². The van der Waals surface area contributed by atoms with Crippen LogP contribution in [0, 0.1) is 6.92 Å². The number of carbonyl (C=O) groups is 1. The number of methoxy groups -OCH3 is 2. The fourth-order valence-electron chi connectivity index (χ4n) is 2.57.